The summed E-state index contributed by atoms with van der Waals surface area (Å²) in [6.45, 7) is 4.24. The van der Waals surface area contributed by atoms with Crippen LogP contribution in [0.5, 0.6) is 0 Å². The topological polar surface area (TPSA) is 90.5 Å². The van der Waals surface area contributed by atoms with Crippen molar-refractivity contribution in [2.75, 3.05) is 44.6 Å². The van der Waals surface area contributed by atoms with Gasteiger partial charge in [-0.25, -0.2) is 9.78 Å². The fraction of sp³-hybridized carbons (Fsp3) is 0.647. The smallest absolute Gasteiger partial charge is 0.319 e. The Bertz CT molecular complexity index is 568. The van der Waals surface area contributed by atoms with Gasteiger partial charge in [-0.1, -0.05) is 0 Å². The summed E-state index contributed by atoms with van der Waals surface area (Å²) in [7, 11) is 0. The summed E-state index contributed by atoms with van der Waals surface area (Å²) in [5.74, 6) is 0.777. The maximum absolute atomic E-state index is 12.4. The SMILES string of the molecule is O=C(NCCNc1cnccn1)C1CCN(C(=O)N2CCCC2)CC1. The third-order valence-electron chi connectivity index (χ3n) is 4.81. The van der Waals surface area contributed by atoms with E-state index in [0.29, 0.717) is 32.0 Å². The van der Waals surface area contributed by atoms with Crippen LogP contribution >= 0.6 is 0 Å². The lowest BCUT2D eigenvalue weighted by molar-refractivity contribution is -0.126. The van der Waals surface area contributed by atoms with Gasteiger partial charge < -0.3 is 20.4 Å². The van der Waals surface area contributed by atoms with E-state index >= 15 is 0 Å². The van der Waals surface area contributed by atoms with Crippen LogP contribution in [0.4, 0.5) is 10.6 Å². The molecule has 0 saturated carbocycles. The maximum atomic E-state index is 12.4. The Balaban J connectivity index is 1.33. The number of carbonyl (C=O) groups is 2. The van der Waals surface area contributed by atoms with E-state index in [1.165, 1.54) is 0 Å². The van der Waals surface area contributed by atoms with E-state index in [-0.39, 0.29) is 17.9 Å². The number of likely N-dealkylation sites (tertiary alicyclic amines) is 2. The van der Waals surface area contributed by atoms with Gasteiger partial charge in [0.25, 0.3) is 0 Å². The molecule has 0 radical (unpaired) electrons. The summed E-state index contributed by atoms with van der Waals surface area (Å²) in [5.41, 5.74) is 0. The van der Waals surface area contributed by atoms with Crippen molar-refractivity contribution in [3.8, 4) is 0 Å². The number of anilines is 1. The third-order valence-corrected chi connectivity index (χ3v) is 4.81. The van der Waals surface area contributed by atoms with Gasteiger partial charge >= 0.3 is 6.03 Å². The van der Waals surface area contributed by atoms with Crippen molar-refractivity contribution >= 4 is 17.8 Å². The number of carbonyl (C=O) groups excluding carboxylic acids is 2. The minimum absolute atomic E-state index is 0.000792. The molecule has 3 amide bonds. The highest BCUT2D eigenvalue weighted by Crippen LogP contribution is 2.20. The van der Waals surface area contributed by atoms with Gasteiger partial charge in [-0.15, -0.1) is 0 Å². The van der Waals surface area contributed by atoms with E-state index < -0.39 is 0 Å². The molecule has 136 valence electrons. The molecule has 0 aromatic carbocycles. The molecule has 0 atom stereocenters. The van der Waals surface area contributed by atoms with E-state index in [1.54, 1.807) is 18.6 Å². The fourth-order valence-electron chi connectivity index (χ4n) is 3.35. The van der Waals surface area contributed by atoms with Gasteiger partial charge in [0.2, 0.25) is 5.91 Å². The minimum atomic E-state index is -0.000792. The van der Waals surface area contributed by atoms with Crippen LogP contribution in [-0.4, -0.2) is 71.0 Å². The Hall–Kier alpha value is -2.38. The Labute approximate surface area is 148 Å². The monoisotopic (exact) mass is 346 g/mol. The van der Waals surface area contributed by atoms with Gasteiger partial charge in [0, 0.05) is 57.6 Å². The zero-order valence-electron chi connectivity index (χ0n) is 14.5. The van der Waals surface area contributed by atoms with Crippen LogP contribution in [-0.2, 0) is 4.79 Å². The average Bonchev–Trinajstić information content (AvgIpc) is 3.20. The highest BCUT2D eigenvalue weighted by molar-refractivity contribution is 5.79. The zero-order chi connectivity index (χ0) is 17.5. The second kappa shape index (κ2) is 8.64. The Morgan fingerprint density at radius 1 is 1.04 bits per heavy atom. The second-order valence-corrected chi connectivity index (χ2v) is 6.55. The molecule has 2 aliphatic heterocycles. The van der Waals surface area contributed by atoms with Crippen LogP contribution in [0.1, 0.15) is 25.7 Å². The molecule has 2 saturated heterocycles. The van der Waals surface area contributed by atoms with E-state index in [4.69, 9.17) is 0 Å². The van der Waals surface area contributed by atoms with Crippen molar-refractivity contribution in [2.24, 2.45) is 5.92 Å². The summed E-state index contributed by atoms with van der Waals surface area (Å²) in [6.07, 6.45) is 8.58. The van der Waals surface area contributed by atoms with Gasteiger partial charge in [-0.05, 0) is 25.7 Å². The molecule has 3 heterocycles. The van der Waals surface area contributed by atoms with Gasteiger partial charge in [0.05, 0.1) is 6.20 Å². The summed E-state index contributed by atoms with van der Waals surface area (Å²) in [5, 5.41) is 6.07. The molecule has 0 aliphatic carbocycles. The van der Waals surface area contributed by atoms with Crippen LogP contribution in [0.2, 0.25) is 0 Å². The van der Waals surface area contributed by atoms with Gasteiger partial charge in [-0.2, -0.15) is 0 Å². The second-order valence-electron chi connectivity index (χ2n) is 6.55. The molecule has 0 spiro atoms. The normalized spacial score (nSPS) is 18.2. The summed E-state index contributed by atoms with van der Waals surface area (Å²) in [4.78, 5) is 36.5. The molecule has 25 heavy (non-hydrogen) atoms. The predicted molar refractivity (Wildman–Crippen MR) is 94.0 cm³/mol. The highest BCUT2D eigenvalue weighted by Gasteiger charge is 2.30. The van der Waals surface area contributed by atoms with Gasteiger partial charge in [-0.3, -0.25) is 9.78 Å². The summed E-state index contributed by atoms with van der Waals surface area (Å²) >= 11 is 0. The Morgan fingerprint density at radius 2 is 1.76 bits per heavy atom. The number of nitrogens with one attached hydrogen (secondary N) is 2. The lowest BCUT2D eigenvalue weighted by Gasteiger charge is -2.34. The number of hydrogen-bond acceptors (Lipinski definition) is 5. The molecule has 1 aromatic heterocycles. The lowest BCUT2D eigenvalue weighted by atomic mass is 9.96. The first kappa shape index (κ1) is 17.4. The molecule has 0 bridgehead atoms. The number of nitrogens with zero attached hydrogens (tertiary/aromatic N) is 4. The number of amides is 3. The van der Waals surface area contributed by atoms with Crippen molar-refractivity contribution in [1.29, 1.82) is 0 Å². The third kappa shape index (κ3) is 4.80. The number of hydrogen-bond donors (Lipinski definition) is 2. The number of rotatable bonds is 5. The first-order valence-corrected chi connectivity index (χ1v) is 9.05. The predicted octanol–water partition coefficient (Wildman–Crippen LogP) is 0.932. The van der Waals surface area contributed by atoms with Crippen LogP contribution in [0.3, 0.4) is 0 Å². The lowest BCUT2D eigenvalue weighted by Crippen LogP contribution is -2.48. The average molecular weight is 346 g/mol. The molecule has 8 heteroatoms. The van der Waals surface area contributed by atoms with Crippen LogP contribution < -0.4 is 10.6 Å². The van der Waals surface area contributed by atoms with Gasteiger partial charge in [0.1, 0.15) is 5.82 Å². The van der Waals surface area contributed by atoms with Crippen LogP contribution in [0, 0.1) is 5.92 Å². The number of piperidine rings is 1. The molecular formula is C17H26N6O2. The highest BCUT2D eigenvalue weighted by atomic mass is 16.2. The maximum Gasteiger partial charge on any atom is 0.319 e. The summed E-state index contributed by atoms with van der Waals surface area (Å²) < 4.78 is 0. The standard InChI is InChI=1S/C17H26N6O2/c24-16(21-8-7-20-15-13-18-5-6-19-15)14-3-11-23(12-4-14)17(25)22-9-1-2-10-22/h5-6,13-14H,1-4,7-12H2,(H,19,20)(H,21,24). The van der Waals surface area contributed by atoms with Crippen LogP contribution in [0.25, 0.3) is 0 Å². The summed E-state index contributed by atoms with van der Waals surface area (Å²) in [6, 6.07) is 0.143. The van der Waals surface area contributed by atoms with Crippen molar-refractivity contribution in [3.63, 3.8) is 0 Å². The van der Waals surface area contributed by atoms with E-state index in [2.05, 4.69) is 20.6 Å². The molecule has 2 N–H and O–H groups in total. The quantitative estimate of drug-likeness (QED) is 0.774. The van der Waals surface area contributed by atoms with E-state index in [9.17, 15) is 9.59 Å². The molecule has 8 nitrogen and oxygen atoms in total. The molecule has 2 aliphatic rings. The Morgan fingerprint density at radius 3 is 2.44 bits per heavy atom. The molecule has 0 unspecified atom stereocenters. The first-order valence-electron chi connectivity index (χ1n) is 9.05. The number of aromatic nitrogens is 2. The van der Waals surface area contributed by atoms with Gasteiger partial charge in [0.15, 0.2) is 0 Å². The van der Waals surface area contributed by atoms with Crippen molar-refractivity contribution in [2.45, 2.75) is 25.7 Å². The molecule has 3 rings (SSSR count). The molecule has 2 fully saturated rings. The number of urea groups is 1. The molecule has 1 aromatic rings. The minimum Gasteiger partial charge on any atom is -0.367 e. The van der Waals surface area contributed by atoms with E-state index in [1.807, 2.05) is 9.80 Å². The zero-order valence-corrected chi connectivity index (χ0v) is 14.5. The Kier molecular flexibility index (Phi) is 6.03. The van der Waals surface area contributed by atoms with Crippen LogP contribution in [0.15, 0.2) is 18.6 Å². The first-order chi connectivity index (χ1) is 12.2. The van der Waals surface area contributed by atoms with Crippen molar-refractivity contribution < 1.29 is 9.59 Å². The fourth-order valence-corrected chi connectivity index (χ4v) is 3.35. The largest absolute Gasteiger partial charge is 0.367 e. The van der Waals surface area contributed by atoms with E-state index in [0.717, 1.165) is 38.8 Å². The van der Waals surface area contributed by atoms with Crippen molar-refractivity contribution in [1.82, 2.24) is 25.1 Å². The van der Waals surface area contributed by atoms with Crippen molar-refractivity contribution in [3.05, 3.63) is 18.6 Å². The molecular weight excluding hydrogens is 320 g/mol.